The fraction of sp³-hybridized carbons (Fsp3) is 0.351. The molecule has 238 valence electrons. The van der Waals surface area contributed by atoms with Crippen molar-refractivity contribution in [2.45, 2.75) is 65.2 Å². The SMILES string of the molecule is Cc1ccc(-n2nc(C(C)(C)C)cc2NC(=O)Nc2cccc(CC3CCN(C(=O)CCc4nc5ccccc5[nH]4)CC3)c2)cc1. The maximum absolute atomic E-state index is 13.2. The maximum atomic E-state index is 13.2. The highest BCUT2D eigenvalue weighted by molar-refractivity contribution is 5.99. The van der Waals surface area contributed by atoms with Crippen molar-refractivity contribution < 1.29 is 9.59 Å². The molecule has 1 fully saturated rings. The molecule has 0 saturated carbocycles. The number of nitrogens with zero attached hydrogens (tertiary/aromatic N) is 4. The summed E-state index contributed by atoms with van der Waals surface area (Å²) in [5, 5.41) is 10.8. The van der Waals surface area contributed by atoms with E-state index in [2.05, 4.69) is 47.4 Å². The number of imidazole rings is 1. The lowest BCUT2D eigenvalue weighted by Crippen LogP contribution is -2.39. The van der Waals surface area contributed by atoms with E-state index in [0.29, 0.717) is 24.6 Å². The van der Waals surface area contributed by atoms with Gasteiger partial charge in [0.2, 0.25) is 5.91 Å². The van der Waals surface area contributed by atoms with Crippen molar-refractivity contribution in [1.82, 2.24) is 24.6 Å². The number of aromatic nitrogens is 4. The van der Waals surface area contributed by atoms with Crippen LogP contribution in [0, 0.1) is 12.8 Å². The summed E-state index contributed by atoms with van der Waals surface area (Å²) in [7, 11) is 0. The zero-order chi connectivity index (χ0) is 32.3. The molecule has 46 heavy (non-hydrogen) atoms. The van der Waals surface area contributed by atoms with Gasteiger partial charge in [-0.3, -0.25) is 10.1 Å². The number of H-pyrrole nitrogens is 1. The van der Waals surface area contributed by atoms with E-state index in [4.69, 9.17) is 5.10 Å². The Labute approximate surface area is 270 Å². The average molecular weight is 618 g/mol. The number of amides is 3. The number of rotatable bonds is 8. The highest BCUT2D eigenvalue weighted by Crippen LogP contribution is 2.27. The topological polar surface area (TPSA) is 108 Å². The minimum Gasteiger partial charge on any atom is -0.343 e. The molecule has 0 bridgehead atoms. The smallest absolute Gasteiger partial charge is 0.324 e. The number of anilines is 2. The summed E-state index contributed by atoms with van der Waals surface area (Å²) in [5.74, 6) is 2.15. The second-order valence-corrected chi connectivity index (χ2v) is 13.4. The summed E-state index contributed by atoms with van der Waals surface area (Å²) in [5.41, 5.74) is 6.63. The molecular weight excluding hydrogens is 574 g/mol. The van der Waals surface area contributed by atoms with Crippen LogP contribution in [0.3, 0.4) is 0 Å². The van der Waals surface area contributed by atoms with Gasteiger partial charge in [0.15, 0.2) is 0 Å². The standard InChI is InChI=1S/C37H43N7O2/c1-25-12-14-29(15-13-25)44-34(24-32(42-44)37(2,3)4)41-36(46)38-28-9-7-8-27(23-28)22-26-18-20-43(21-19-26)35(45)17-16-33-39-30-10-5-6-11-31(30)40-33/h5-15,23-24,26H,16-22H2,1-4H3,(H,39,40)(H2,38,41,46). The molecule has 6 rings (SSSR count). The average Bonchev–Trinajstić information content (AvgIpc) is 3.65. The van der Waals surface area contributed by atoms with Crippen molar-refractivity contribution in [3.63, 3.8) is 0 Å². The molecule has 9 nitrogen and oxygen atoms in total. The molecule has 1 aliphatic heterocycles. The minimum atomic E-state index is -0.319. The molecule has 9 heteroatoms. The number of urea groups is 1. The number of hydrogen-bond donors (Lipinski definition) is 3. The first-order valence-electron chi connectivity index (χ1n) is 16.2. The van der Waals surface area contributed by atoms with Crippen LogP contribution in [0.1, 0.15) is 62.7 Å². The molecule has 3 amide bonds. The Morgan fingerprint density at radius 2 is 1.70 bits per heavy atom. The molecular formula is C37H43N7O2. The fourth-order valence-corrected chi connectivity index (χ4v) is 6.00. The van der Waals surface area contributed by atoms with Crippen LogP contribution in [-0.2, 0) is 23.1 Å². The van der Waals surface area contributed by atoms with Crippen molar-refractivity contribution in [1.29, 1.82) is 0 Å². The molecule has 1 aliphatic rings. The summed E-state index contributed by atoms with van der Waals surface area (Å²) in [6, 6.07) is 25.7. The third-order valence-corrected chi connectivity index (χ3v) is 8.69. The zero-order valence-corrected chi connectivity index (χ0v) is 27.1. The quantitative estimate of drug-likeness (QED) is 0.168. The van der Waals surface area contributed by atoms with Gasteiger partial charge in [0, 0.05) is 43.1 Å². The Balaban J connectivity index is 1.01. The van der Waals surface area contributed by atoms with Crippen molar-refractivity contribution in [2.75, 3.05) is 23.7 Å². The van der Waals surface area contributed by atoms with E-state index in [9.17, 15) is 9.59 Å². The number of fused-ring (bicyclic) bond motifs is 1. The van der Waals surface area contributed by atoms with E-state index in [1.165, 1.54) is 5.56 Å². The van der Waals surface area contributed by atoms with Gasteiger partial charge in [-0.2, -0.15) is 5.10 Å². The predicted octanol–water partition coefficient (Wildman–Crippen LogP) is 7.41. The number of hydrogen-bond acceptors (Lipinski definition) is 4. The van der Waals surface area contributed by atoms with Crippen LogP contribution in [0.4, 0.5) is 16.3 Å². The van der Waals surface area contributed by atoms with Gasteiger partial charge in [0.1, 0.15) is 11.6 Å². The Morgan fingerprint density at radius 1 is 0.935 bits per heavy atom. The van der Waals surface area contributed by atoms with Crippen LogP contribution in [0.25, 0.3) is 16.7 Å². The Hall–Kier alpha value is -4.92. The lowest BCUT2D eigenvalue weighted by Gasteiger charge is -2.32. The van der Waals surface area contributed by atoms with E-state index in [1.807, 2.05) is 84.6 Å². The van der Waals surface area contributed by atoms with Gasteiger partial charge in [0.25, 0.3) is 0 Å². The van der Waals surface area contributed by atoms with E-state index >= 15 is 0 Å². The van der Waals surface area contributed by atoms with Crippen molar-refractivity contribution in [3.05, 3.63) is 102 Å². The number of aryl methyl sites for hydroxylation is 2. The van der Waals surface area contributed by atoms with Crippen molar-refractivity contribution in [3.8, 4) is 5.69 Å². The molecule has 0 unspecified atom stereocenters. The number of likely N-dealkylation sites (tertiary alicyclic amines) is 1. The molecule has 5 aromatic rings. The molecule has 3 heterocycles. The summed E-state index contributed by atoms with van der Waals surface area (Å²) in [6.07, 6.45) is 3.92. The highest BCUT2D eigenvalue weighted by Gasteiger charge is 2.24. The van der Waals surface area contributed by atoms with Crippen molar-refractivity contribution >= 4 is 34.5 Å². The van der Waals surface area contributed by atoms with Crippen molar-refractivity contribution in [2.24, 2.45) is 5.92 Å². The first-order valence-corrected chi connectivity index (χ1v) is 16.2. The highest BCUT2D eigenvalue weighted by atomic mass is 16.2. The predicted molar refractivity (Wildman–Crippen MR) is 184 cm³/mol. The van der Waals surface area contributed by atoms with Gasteiger partial charge in [-0.25, -0.2) is 14.5 Å². The van der Waals surface area contributed by atoms with Crippen LogP contribution in [0.5, 0.6) is 0 Å². The first kappa shape index (κ1) is 31.1. The van der Waals surface area contributed by atoms with E-state index in [-0.39, 0.29) is 17.4 Å². The summed E-state index contributed by atoms with van der Waals surface area (Å²) in [4.78, 5) is 36.0. The molecule has 0 atom stereocenters. The summed E-state index contributed by atoms with van der Waals surface area (Å²) in [6.45, 7) is 9.91. The third-order valence-electron chi connectivity index (χ3n) is 8.69. The fourth-order valence-electron chi connectivity index (χ4n) is 6.00. The third kappa shape index (κ3) is 7.47. The van der Waals surface area contributed by atoms with Gasteiger partial charge in [-0.1, -0.05) is 62.7 Å². The monoisotopic (exact) mass is 617 g/mol. The van der Waals surface area contributed by atoms with Crippen LogP contribution < -0.4 is 10.6 Å². The van der Waals surface area contributed by atoms with Gasteiger partial charge in [0.05, 0.1) is 22.4 Å². The van der Waals surface area contributed by atoms with Gasteiger partial charge >= 0.3 is 6.03 Å². The van der Waals surface area contributed by atoms with E-state index in [1.54, 1.807) is 4.68 Å². The number of carbonyl (C=O) groups excluding carboxylic acids is 2. The number of para-hydroxylation sites is 2. The molecule has 1 saturated heterocycles. The van der Waals surface area contributed by atoms with Gasteiger partial charge in [-0.05, 0) is 74.1 Å². The Morgan fingerprint density at radius 3 is 2.43 bits per heavy atom. The Bertz CT molecular complexity index is 1790. The molecule has 0 spiro atoms. The molecule has 3 N–H and O–H groups in total. The molecule has 0 radical (unpaired) electrons. The zero-order valence-electron chi connectivity index (χ0n) is 27.1. The maximum Gasteiger partial charge on any atom is 0.324 e. The van der Waals surface area contributed by atoms with Crippen LogP contribution in [0.2, 0.25) is 0 Å². The summed E-state index contributed by atoms with van der Waals surface area (Å²) < 4.78 is 1.78. The number of carbonyl (C=O) groups is 2. The largest absolute Gasteiger partial charge is 0.343 e. The second-order valence-electron chi connectivity index (χ2n) is 13.4. The number of aromatic amines is 1. The Kier molecular flexibility index (Phi) is 8.92. The lowest BCUT2D eigenvalue weighted by molar-refractivity contribution is -0.132. The number of benzene rings is 3. The molecule has 2 aromatic heterocycles. The lowest BCUT2D eigenvalue weighted by atomic mass is 9.90. The number of piperidine rings is 1. The molecule has 3 aromatic carbocycles. The minimum absolute atomic E-state index is 0.171. The molecule has 0 aliphatic carbocycles. The van der Waals surface area contributed by atoms with E-state index < -0.39 is 0 Å². The first-order chi connectivity index (χ1) is 22.1. The number of nitrogens with one attached hydrogen (secondary N) is 3. The van der Waals surface area contributed by atoms with Gasteiger partial charge in [-0.15, -0.1) is 0 Å². The summed E-state index contributed by atoms with van der Waals surface area (Å²) >= 11 is 0. The normalized spacial score (nSPS) is 14.0. The van der Waals surface area contributed by atoms with Crippen LogP contribution >= 0.6 is 0 Å². The van der Waals surface area contributed by atoms with E-state index in [0.717, 1.165) is 71.8 Å². The van der Waals surface area contributed by atoms with Crippen LogP contribution in [0.15, 0.2) is 78.9 Å². The van der Waals surface area contributed by atoms with Crippen LogP contribution in [-0.4, -0.2) is 49.7 Å². The second kappa shape index (κ2) is 13.2. The van der Waals surface area contributed by atoms with Gasteiger partial charge < -0.3 is 15.2 Å².